The van der Waals surface area contributed by atoms with E-state index in [0.717, 1.165) is 24.2 Å². The van der Waals surface area contributed by atoms with Crippen molar-refractivity contribution < 1.29 is 4.39 Å². The minimum absolute atomic E-state index is 0.256. The SMILES string of the molecule is N#CC1(Cc2cccc(F)c2Br)CCCS1. The molecule has 2 rings (SSSR count). The van der Waals surface area contributed by atoms with E-state index in [1.165, 1.54) is 6.07 Å². The molecule has 1 heterocycles. The molecule has 0 spiro atoms. The zero-order chi connectivity index (χ0) is 11.6. The Hall–Kier alpha value is -0.530. The summed E-state index contributed by atoms with van der Waals surface area (Å²) in [6, 6.07) is 7.39. The molecule has 84 valence electrons. The highest BCUT2D eigenvalue weighted by molar-refractivity contribution is 9.10. The summed E-state index contributed by atoms with van der Waals surface area (Å²) in [5.41, 5.74) is 0.885. The van der Waals surface area contributed by atoms with Crippen LogP contribution in [0.4, 0.5) is 4.39 Å². The minimum atomic E-state index is -0.351. The van der Waals surface area contributed by atoms with Gasteiger partial charge in [-0.2, -0.15) is 5.26 Å². The number of thioether (sulfide) groups is 1. The fourth-order valence-electron chi connectivity index (χ4n) is 1.96. The third-order valence-electron chi connectivity index (χ3n) is 2.81. The quantitative estimate of drug-likeness (QED) is 0.826. The lowest BCUT2D eigenvalue weighted by Crippen LogP contribution is -2.22. The molecule has 1 aliphatic rings. The normalized spacial score (nSPS) is 24.3. The summed E-state index contributed by atoms with van der Waals surface area (Å²) in [7, 11) is 0. The Morgan fingerprint density at radius 1 is 1.56 bits per heavy atom. The zero-order valence-corrected chi connectivity index (χ0v) is 11.1. The molecule has 1 fully saturated rings. The lowest BCUT2D eigenvalue weighted by atomic mass is 9.96. The van der Waals surface area contributed by atoms with E-state index in [1.54, 1.807) is 17.8 Å². The van der Waals surface area contributed by atoms with Gasteiger partial charge in [0.15, 0.2) is 0 Å². The van der Waals surface area contributed by atoms with Crippen LogP contribution in [0.1, 0.15) is 18.4 Å². The summed E-state index contributed by atoms with van der Waals surface area (Å²) in [4.78, 5) is 0. The lowest BCUT2D eigenvalue weighted by molar-refractivity contribution is 0.612. The molecule has 0 bridgehead atoms. The van der Waals surface area contributed by atoms with E-state index in [9.17, 15) is 9.65 Å². The summed E-state index contributed by atoms with van der Waals surface area (Å²) >= 11 is 4.94. The van der Waals surface area contributed by atoms with Crippen molar-refractivity contribution in [2.75, 3.05) is 5.75 Å². The molecular weight excluding hydrogens is 289 g/mol. The molecule has 1 aromatic rings. The van der Waals surface area contributed by atoms with E-state index < -0.39 is 0 Å². The van der Waals surface area contributed by atoms with Crippen LogP contribution in [0.5, 0.6) is 0 Å². The first-order valence-electron chi connectivity index (χ1n) is 5.15. The molecule has 0 aliphatic carbocycles. The molecule has 1 aromatic carbocycles. The topological polar surface area (TPSA) is 23.8 Å². The second-order valence-electron chi connectivity index (χ2n) is 3.95. The van der Waals surface area contributed by atoms with Gasteiger partial charge in [0.25, 0.3) is 0 Å². The third-order valence-corrected chi connectivity index (χ3v) is 5.19. The van der Waals surface area contributed by atoms with Crippen LogP contribution in [0.3, 0.4) is 0 Å². The maximum Gasteiger partial charge on any atom is 0.137 e. The fraction of sp³-hybridized carbons (Fsp3) is 0.417. The Balaban J connectivity index is 2.27. The van der Waals surface area contributed by atoms with Gasteiger partial charge in [0.1, 0.15) is 10.6 Å². The molecule has 0 radical (unpaired) electrons. The van der Waals surface area contributed by atoms with Gasteiger partial charge >= 0.3 is 0 Å². The molecule has 0 amide bonds. The molecule has 0 N–H and O–H groups in total. The summed E-state index contributed by atoms with van der Waals surface area (Å²) in [6.45, 7) is 0. The Morgan fingerprint density at radius 3 is 3.00 bits per heavy atom. The molecule has 1 saturated heterocycles. The zero-order valence-electron chi connectivity index (χ0n) is 8.67. The Kier molecular flexibility index (Phi) is 3.56. The van der Waals surface area contributed by atoms with Crippen LogP contribution >= 0.6 is 27.7 Å². The number of hydrogen-bond donors (Lipinski definition) is 0. The number of nitriles is 1. The van der Waals surface area contributed by atoms with E-state index in [1.807, 2.05) is 6.07 Å². The number of nitrogens with zero attached hydrogens (tertiary/aromatic N) is 1. The van der Waals surface area contributed by atoms with Crippen molar-refractivity contribution in [3.63, 3.8) is 0 Å². The first-order valence-corrected chi connectivity index (χ1v) is 6.93. The van der Waals surface area contributed by atoms with Gasteiger partial charge in [0.2, 0.25) is 0 Å². The predicted octanol–water partition coefficient (Wildman–Crippen LogP) is 3.92. The smallest absolute Gasteiger partial charge is 0.137 e. The van der Waals surface area contributed by atoms with Crippen molar-refractivity contribution in [2.24, 2.45) is 0 Å². The minimum Gasteiger partial charge on any atom is -0.206 e. The van der Waals surface area contributed by atoms with Gasteiger partial charge in [-0.25, -0.2) is 4.39 Å². The molecular formula is C12H11BrFNS. The average Bonchev–Trinajstić information content (AvgIpc) is 2.74. The standard InChI is InChI=1S/C12H11BrFNS/c13-11-9(3-1-4-10(11)14)7-12(8-15)5-2-6-16-12/h1,3-4H,2,5-7H2. The largest absolute Gasteiger partial charge is 0.206 e. The molecule has 1 atom stereocenters. The highest BCUT2D eigenvalue weighted by Gasteiger charge is 2.35. The van der Waals surface area contributed by atoms with E-state index in [4.69, 9.17) is 0 Å². The Bertz CT molecular complexity index is 435. The summed E-state index contributed by atoms with van der Waals surface area (Å²) in [5, 5.41) is 9.26. The van der Waals surface area contributed by atoms with Crippen LogP contribution in [0.2, 0.25) is 0 Å². The summed E-state index contributed by atoms with van der Waals surface area (Å²) in [5.74, 6) is 0.772. The fourth-order valence-corrected chi connectivity index (χ4v) is 3.65. The van der Waals surface area contributed by atoms with Crippen molar-refractivity contribution in [1.82, 2.24) is 0 Å². The van der Waals surface area contributed by atoms with Crippen LogP contribution in [0.15, 0.2) is 22.7 Å². The van der Waals surface area contributed by atoms with Crippen LogP contribution < -0.4 is 0 Å². The van der Waals surface area contributed by atoms with Crippen LogP contribution in [-0.4, -0.2) is 10.5 Å². The lowest BCUT2D eigenvalue weighted by Gasteiger charge is -2.20. The summed E-state index contributed by atoms with van der Waals surface area (Å²) < 4.78 is 13.5. The van der Waals surface area contributed by atoms with Gasteiger partial charge in [0.05, 0.1) is 10.5 Å². The molecule has 1 unspecified atom stereocenters. The highest BCUT2D eigenvalue weighted by atomic mass is 79.9. The maximum atomic E-state index is 13.3. The maximum absolute atomic E-state index is 13.3. The first-order chi connectivity index (χ1) is 7.67. The van der Waals surface area contributed by atoms with Gasteiger partial charge in [0, 0.05) is 6.42 Å². The molecule has 0 aromatic heterocycles. The Labute approximate surface area is 107 Å². The van der Waals surface area contributed by atoms with E-state index >= 15 is 0 Å². The molecule has 4 heteroatoms. The first kappa shape index (κ1) is 11.9. The molecule has 16 heavy (non-hydrogen) atoms. The second-order valence-corrected chi connectivity index (χ2v) is 6.22. The molecule has 1 aliphatic heterocycles. The van der Waals surface area contributed by atoms with Gasteiger partial charge in [-0.1, -0.05) is 12.1 Å². The van der Waals surface area contributed by atoms with E-state index in [0.29, 0.717) is 10.9 Å². The van der Waals surface area contributed by atoms with E-state index in [-0.39, 0.29) is 10.6 Å². The average molecular weight is 300 g/mol. The van der Waals surface area contributed by atoms with Crippen molar-refractivity contribution in [3.8, 4) is 6.07 Å². The van der Waals surface area contributed by atoms with Crippen LogP contribution in [0, 0.1) is 17.1 Å². The van der Waals surface area contributed by atoms with Crippen molar-refractivity contribution in [2.45, 2.75) is 24.0 Å². The second kappa shape index (κ2) is 4.77. The number of benzene rings is 1. The predicted molar refractivity (Wildman–Crippen MR) is 67.8 cm³/mol. The monoisotopic (exact) mass is 299 g/mol. The van der Waals surface area contributed by atoms with Crippen molar-refractivity contribution in [3.05, 3.63) is 34.1 Å². The number of hydrogen-bond acceptors (Lipinski definition) is 2. The third kappa shape index (κ3) is 2.26. The highest BCUT2D eigenvalue weighted by Crippen LogP contribution is 2.41. The number of rotatable bonds is 2. The van der Waals surface area contributed by atoms with Gasteiger partial charge in [-0.3, -0.25) is 0 Å². The Morgan fingerprint density at radius 2 is 2.38 bits per heavy atom. The van der Waals surface area contributed by atoms with E-state index in [2.05, 4.69) is 22.0 Å². The van der Waals surface area contributed by atoms with Crippen LogP contribution in [0.25, 0.3) is 0 Å². The van der Waals surface area contributed by atoms with Gasteiger partial charge in [-0.15, -0.1) is 11.8 Å². The summed E-state index contributed by atoms with van der Waals surface area (Å²) in [6.07, 6.45) is 2.59. The van der Waals surface area contributed by atoms with Crippen molar-refractivity contribution in [1.29, 1.82) is 5.26 Å². The molecule has 0 saturated carbocycles. The molecule has 1 nitrogen and oxygen atoms in total. The van der Waals surface area contributed by atoms with Gasteiger partial charge in [-0.05, 0) is 46.2 Å². The van der Waals surface area contributed by atoms with Crippen LogP contribution in [-0.2, 0) is 6.42 Å². The van der Waals surface area contributed by atoms with Crippen molar-refractivity contribution >= 4 is 27.7 Å². The number of halogens is 2. The van der Waals surface area contributed by atoms with Gasteiger partial charge < -0.3 is 0 Å².